The Bertz CT molecular complexity index is 393. The zero-order chi connectivity index (χ0) is 14.5. The summed E-state index contributed by atoms with van der Waals surface area (Å²) < 4.78 is 0. The summed E-state index contributed by atoms with van der Waals surface area (Å²) in [6.07, 6.45) is 3.54. The molecule has 0 amide bonds. The Morgan fingerprint density at radius 1 is 0.762 bits per heavy atom. The van der Waals surface area contributed by atoms with Gasteiger partial charge in [0.05, 0.1) is 11.4 Å². The minimum atomic E-state index is 0. The van der Waals surface area contributed by atoms with E-state index in [4.69, 9.17) is 0 Å². The number of nitrogens with zero attached hydrogens (tertiary/aromatic N) is 4. The average Bonchev–Trinajstić information content (AvgIpc) is 2.54. The molecule has 0 aliphatic rings. The van der Waals surface area contributed by atoms with Crippen molar-refractivity contribution >= 4 is 0 Å². The summed E-state index contributed by atoms with van der Waals surface area (Å²) in [5.74, 6) is 0. The monoisotopic (exact) mass is 376 g/mol. The molecule has 2 rings (SSSR count). The van der Waals surface area contributed by atoms with E-state index < -0.39 is 0 Å². The summed E-state index contributed by atoms with van der Waals surface area (Å²) in [4.78, 5) is 8.37. The fraction of sp³-hybridized carbons (Fsp3) is 0.375. The van der Waals surface area contributed by atoms with Crippen molar-refractivity contribution < 1.29 is 20.4 Å². The largest absolute Gasteiger partial charge is 0.664 e. The van der Waals surface area contributed by atoms with Gasteiger partial charge in [-0.3, -0.25) is 9.97 Å². The minimum Gasteiger partial charge on any atom is -0.664 e. The van der Waals surface area contributed by atoms with Crippen LogP contribution in [0.25, 0.3) is 22.0 Å². The van der Waals surface area contributed by atoms with Gasteiger partial charge in [0.2, 0.25) is 0 Å². The first-order valence-electron chi connectivity index (χ1n) is 6.97. The number of aromatic nitrogens is 2. The summed E-state index contributed by atoms with van der Waals surface area (Å²) in [5.41, 5.74) is 1.83. The molecule has 5 heteroatoms. The van der Waals surface area contributed by atoms with E-state index in [9.17, 15) is 0 Å². The quantitative estimate of drug-likeness (QED) is 0.567. The van der Waals surface area contributed by atoms with Crippen LogP contribution in [0, 0.1) is 0 Å². The first-order valence-corrected chi connectivity index (χ1v) is 6.97. The summed E-state index contributed by atoms with van der Waals surface area (Å²) in [6, 6.07) is 11.6. The number of hydrogen-bond donors (Lipinski definition) is 0. The van der Waals surface area contributed by atoms with Crippen molar-refractivity contribution in [3.63, 3.8) is 0 Å². The first kappa shape index (κ1) is 19.9. The molecule has 2 aromatic rings. The van der Waals surface area contributed by atoms with E-state index in [0.717, 1.165) is 37.6 Å². The number of pyridine rings is 2. The molecule has 0 aliphatic heterocycles. The zero-order valence-electron chi connectivity index (χ0n) is 12.6. The van der Waals surface area contributed by atoms with E-state index in [1.165, 1.54) is 0 Å². The van der Waals surface area contributed by atoms with Crippen LogP contribution in [0.1, 0.15) is 13.8 Å². The van der Waals surface area contributed by atoms with Crippen LogP contribution in [0.15, 0.2) is 48.8 Å². The van der Waals surface area contributed by atoms with Crippen LogP contribution in [-0.2, 0) is 20.4 Å². The van der Waals surface area contributed by atoms with Crippen molar-refractivity contribution in [1.82, 2.24) is 9.97 Å². The van der Waals surface area contributed by atoms with Gasteiger partial charge in [-0.2, -0.15) is 26.2 Å². The molecule has 0 saturated heterocycles. The Morgan fingerprint density at radius 3 is 1.48 bits per heavy atom. The molecule has 4 nitrogen and oxygen atoms in total. The molecule has 0 spiro atoms. The molecule has 0 unspecified atom stereocenters. The summed E-state index contributed by atoms with van der Waals surface area (Å²) >= 11 is 0. The van der Waals surface area contributed by atoms with E-state index in [-0.39, 0.29) is 20.4 Å². The second-order valence-electron chi connectivity index (χ2n) is 3.96. The van der Waals surface area contributed by atoms with Gasteiger partial charge in [0.15, 0.2) is 0 Å². The van der Waals surface area contributed by atoms with Crippen LogP contribution in [0.5, 0.6) is 0 Å². The SMILES string of the molecule is CC[N-]CC[N-]CC.[Pd].c1ccc(-c2ccccn2)nc1. The van der Waals surface area contributed by atoms with Crippen molar-refractivity contribution in [2.45, 2.75) is 13.8 Å². The molecular weight excluding hydrogens is 355 g/mol. The Kier molecular flexibility index (Phi) is 13.1. The van der Waals surface area contributed by atoms with Crippen molar-refractivity contribution in [3.05, 3.63) is 59.4 Å². The summed E-state index contributed by atoms with van der Waals surface area (Å²) in [7, 11) is 0. The third kappa shape index (κ3) is 9.44. The van der Waals surface area contributed by atoms with Gasteiger partial charge in [-0.25, -0.2) is 0 Å². The maximum Gasteiger partial charge on any atom is 0.0886 e. The molecule has 2 aromatic heterocycles. The van der Waals surface area contributed by atoms with Gasteiger partial charge in [-0.05, 0) is 24.3 Å². The Hall–Kier alpha value is -1.12. The van der Waals surface area contributed by atoms with Crippen molar-refractivity contribution in [2.24, 2.45) is 0 Å². The summed E-state index contributed by atoms with van der Waals surface area (Å²) in [5, 5.41) is 8.23. The van der Waals surface area contributed by atoms with Crippen LogP contribution < -0.4 is 0 Å². The molecule has 2 heterocycles. The van der Waals surface area contributed by atoms with Gasteiger partial charge in [0.1, 0.15) is 0 Å². The fourth-order valence-corrected chi connectivity index (χ4v) is 1.49. The number of rotatable bonds is 6. The van der Waals surface area contributed by atoms with E-state index in [0.29, 0.717) is 0 Å². The maximum atomic E-state index is 4.19. The van der Waals surface area contributed by atoms with Gasteiger partial charge in [-0.1, -0.05) is 26.0 Å². The second kappa shape index (κ2) is 13.8. The number of hydrogen-bond acceptors (Lipinski definition) is 2. The fourth-order valence-electron chi connectivity index (χ4n) is 1.49. The Morgan fingerprint density at radius 2 is 1.19 bits per heavy atom. The Labute approximate surface area is 141 Å². The van der Waals surface area contributed by atoms with E-state index in [1.54, 1.807) is 12.4 Å². The maximum absolute atomic E-state index is 4.19. The van der Waals surface area contributed by atoms with Crippen molar-refractivity contribution in [1.29, 1.82) is 0 Å². The molecule has 0 bridgehead atoms. The molecule has 0 saturated carbocycles. The summed E-state index contributed by atoms with van der Waals surface area (Å²) in [6.45, 7) is 7.77. The molecule has 0 fully saturated rings. The van der Waals surface area contributed by atoms with Crippen LogP contribution in [0.3, 0.4) is 0 Å². The minimum absolute atomic E-state index is 0. The molecule has 21 heavy (non-hydrogen) atoms. The molecule has 0 aromatic carbocycles. The third-order valence-corrected chi connectivity index (χ3v) is 2.46. The topological polar surface area (TPSA) is 54.0 Å². The van der Waals surface area contributed by atoms with Crippen LogP contribution in [0.2, 0.25) is 0 Å². The van der Waals surface area contributed by atoms with Crippen molar-refractivity contribution in [2.75, 3.05) is 26.2 Å². The smallest absolute Gasteiger partial charge is 0.0886 e. The van der Waals surface area contributed by atoms with Crippen LogP contribution in [-0.4, -0.2) is 36.1 Å². The van der Waals surface area contributed by atoms with E-state index in [2.05, 4.69) is 20.6 Å². The van der Waals surface area contributed by atoms with Crippen LogP contribution >= 0.6 is 0 Å². The van der Waals surface area contributed by atoms with Crippen LogP contribution in [0.4, 0.5) is 0 Å². The molecule has 118 valence electrons. The van der Waals surface area contributed by atoms with Gasteiger partial charge in [0.25, 0.3) is 0 Å². The normalized spacial score (nSPS) is 9.24. The van der Waals surface area contributed by atoms with Crippen molar-refractivity contribution in [3.8, 4) is 11.4 Å². The van der Waals surface area contributed by atoms with Gasteiger partial charge < -0.3 is 10.6 Å². The average molecular weight is 377 g/mol. The third-order valence-electron chi connectivity index (χ3n) is 2.46. The van der Waals surface area contributed by atoms with Gasteiger partial charge >= 0.3 is 0 Å². The van der Waals surface area contributed by atoms with Gasteiger partial charge in [-0.15, -0.1) is 0 Å². The predicted molar refractivity (Wildman–Crippen MR) is 85.0 cm³/mol. The predicted octanol–water partition coefficient (Wildman–Crippen LogP) is 3.91. The standard InChI is InChI=1S/C10H8N2.C6H14N2.Pd/c1-3-7-11-9(5-1)10-6-2-4-8-12-10;1-3-7-5-6-8-4-2;/h1-8H;3-6H2,1-2H3;/q;-2;. The van der Waals surface area contributed by atoms with E-state index >= 15 is 0 Å². The second-order valence-corrected chi connectivity index (χ2v) is 3.96. The van der Waals surface area contributed by atoms with Gasteiger partial charge in [0, 0.05) is 32.8 Å². The zero-order valence-corrected chi connectivity index (χ0v) is 14.1. The number of likely N-dealkylation sites (N-methyl/N-ethyl adjacent to an activating group) is 2. The molecule has 0 atom stereocenters. The molecule has 0 radical (unpaired) electrons. The Balaban J connectivity index is 0.000000397. The molecular formula is C16H22N4Pd-2. The van der Waals surface area contributed by atoms with E-state index in [1.807, 2.05) is 50.2 Å². The molecule has 0 aliphatic carbocycles. The first-order chi connectivity index (χ1) is 9.88. The molecule has 0 N–H and O–H groups in total.